The minimum atomic E-state index is -1.09. The highest BCUT2D eigenvalue weighted by Gasteiger charge is 2.28. The van der Waals surface area contributed by atoms with E-state index in [-0.39, 0.29) is 0 Å². The Morgan fingerprint density at radius 1 is 1.00 bits per heavy atom. The number of carbonyl (C=O) groups excluding carboxylic acids is 3. The molecule has 0 aliphatic rings. The molecule has 0 heterocycles. The summed E-state index contributed by atoms with van der Waals surface area (Å²) >= 11 is 0. The maximum absolute atomic E-state index is 9.96. The van der Waals surface area contributed by atoms with E-state index < -0.39 is 11.7 Å². The fraction of sp³-hybridized carbons (Fsp3) is 0.571. The van der Waals surface area contributed by atoms with E-state index in [4.69, 9.17) is 0 Å². The third-order valence-electron chi connectivity index (χ3n) is 1.32. The standard InChI is InChI=1S/C7H7N3O3/c1-7(2,10-5-13)6(8-3-11)9-4-12/h6H,1-2H3. The second-order valence-corrected chi connectivity index (χ2v) is 2.67. The van der Waals surface area contributed by atoms with Gasteiger partial charge in [0.2, 0.25) is 18.2 Å². The van der Waals surface area contributed by atoms with E-state index in [0.29, 0.717) is 0 Å². The van der Waals surface area contributed by atoms with Crippen molar-refractivity contribution in [3.05, 3.63) is 0 Å². The highest BCUT2D eigenvalue weighted by molar-refractivity contribution is 5.40. The zero-order valence-electron chi connectivity index (χ0n) is 7.14. The molecule has 0 atom stereocenters. The molecule has 0 amide bonds. The van der Waals surface area contributed by atoms with Crippen LogP contribution in [0.1, 0.15) is 13.8 Å². The molecule has 0 aliphatic heterocycles. The van der Waals surface area contributed by atoms with Gasteiger partial charge < -0.3 is 0 Å². The summed E-state index contributed by atoms with van der Waals surface area (Å²) in [7, 11) is 0. The van der Waals surface area contributed by atoms with Crippen molar-refractivity contribution in [2.24, 2.45) is 15.0 Å². The van der Waals surface area contributed by atoms with Crippen molar-refractivity contribution in [2.45, 2.75) is 25.6 Å². The first kappa shape index (κ1) is 11.1. The Morgan fingerprint density at radius 3 is 1.77 bits per heavy atom. The normalized spacial score (nSPS) is 11.5. The lowest BCUT2D eigenvalue weighted by molar-refractivity contribution is 0.415. The lowest BCUT2D eigenvalue weighted by Crippen LogP contribution is -2.31. The Morgan fingerprint density at radius 2 is 1.46 bits per heavy atom. The molecular formula is C7H7N3O3. The number of nitrogens with zero attached hydrogens (tertiary/aromatic N) is 3. The smallest absolute Gasteiger partial charge is 0.211 e. The summed E-state index contributed by atoms with van der Waals surface area (Å²) in [5.41, 5.74) is -1.09. The van der Waals surface area contributed by atoms with E-state index in [1.807, 2.05) is 0 Å². The van der Waals surface area contributed by atoms with Crippen LogP contribution in [0, 0.1) is 0 Å². The largest absolute Gasteiger partial charge is 0.237 e. The molecule has 0 aromatic rings. The molecular weight excluding hydrogens is 174 g/mol. The molecule has 0 radical (unpaired) electrons. The molecule has 0 unspecified atom stereocenters. The molecule has 68 valence electrons. The predicted octanol–water partition coefficient (Wildman–Crippen LogP) is 0.0985. The van der Waals surface area contributed by atoms with Crippen molar-refractivity contribution >= 4 is 18.2 Å². The van der Waals surface area contributed by atoms with Gasteiger partial charge in [0.05, 0.1) is 0 Å². The first-order valence-electron chi connectivity index (χ1n) is 3.31. The van der Waals surface area contributed by atoms with Gasteiger partial charge in [-0.3, -0.25) is 0 Å². The summed E-state index contributed by atoms with van der Waals surface area (Å²) in [4.78, 5) is 39.5. The fourth-order valence-corrected chi connectivity index (χ4v) is 0.620. The Kier molecular flexibility index (Phi) is 4.20. The summed E-state index contributed by atoms with van der Waals surface area (Å²) in [5.74, 6) is 0. The van der Waals surface area contributed by atoms with Crippen LogP contribution in [0.25, 0.3) is 0 Å². The van der Waals surface area contributed by atoms with Crippen molar-refractivity contribution < 1.29 is 14.4 Å². The average Bonchev–Trinajstić information content (AvgIpc) is 2.04. The van der Waals surface area contributed by atoms with Gasteiger partial charge in [-0.2, -0.15) is 15.0 Å². The van der Waals surface area contributed by atoms with E-state index in [1.54, 1.807) is 0 Å². The van der Waals surface area contributed by atoms with Crippen LogP contribution in [0.5, 0.6) is 0 Å². The molecule has 13 heavy (non-hydrogen) atoms. The van der Waals surface area contributed by atoms with Crippen molar-refractivity contribution in [1.82, 2.24) is 0 Å². The van der Waals surface area contributed by atoms with Gasteiger partial charge in [0, 0.05) is 0 Å². The van der Waals surface area contributed by atoms with E-state index in [2.05, 4.69) is 15.0 Å². The zero-order valence-corrected chi connectivity index (χ0v) is 7.14. The van der Waals surface area contributed by atoms with Crippen LogP contribution >= 0.6 is 0 Å². The van der Waals surface area contributed by atoms with Gasteiger partial charge in [0.15, 0.2) is 6.17 Å². The summed E-state index contributed by atoms with van der Waals surface area (Å²) in [6.07, 6.45) is 2.68. The van der Waals surface area contributed by atoms with Crippen LogP contribution in [-0.2, 0) is 14.4 Å². The van der Waals surface area contributed by atoms with Crippen molar-refractivity contribution in [1.29, 1.82) is 0 Å². The van der Waals surface area contributed by atoms with Gasteiger partial charge in [-0.25, -0.2) is 14.4 Å². The molecule has 0 N–H and O–H groups in total. The number of aliphatic imine (C=N–C) groups is 3. The molecule has 0 aromatic heterocycles. The van der Waals surface area contributed by atoms with Gasteiger partial charge in [-0.15, -0.1) is 0 Å². The monoisotopic (exact) mass is 181 g/mol. The predicted molar refractivity (Wildman–Crippen MR) is 42.2 cm³/mol. The quantitative estimate of drug-likeness (QED) is 0.455. The topological polar surface area (TPSA) is 88.3 Å². The molecule has 0 aromatic carbocycles. The van der Waals surface area contributed by atoms with Gasteiger partial charge in [0.25, 0.3) is 0 Å². The SMILES string of the molecule is CC(C)(N=C=O)C(N=C=O)N=C=O. The van der Waals surface area contributed by atoms with E-state index in [1.165, 1.54) is 32.1 Å². The van der Waals surface area contributed by atoms with Gasteiger partial charge in [-0.05, 0) is 13.8 Å². The number of hydrogen-bond acceptors (Lipinski definition) is 6. The van der Waals surface area contributed by atoms with Crippen LogP contribution in [0.4, 0.5) is 0 Å². The second-order valence-electron chi connectivity index (χ2n) is 2.67. The third-order valence-corrected chi connectivity index (χ3v) is 1.32. The zero-order chi connectivity index (χ0) is 10.3. The van der Waals surface area contributed by atoms with Gasteiger partial charge in [0.1, 0.15) is 5.54 Å². The van der Waals surface area contributed by atoms with Crippen molar-refractivity contribution in [3.63, 3.8) is 0 Å². The maximum atomic E-state index is 9.96. The molecule has 0 saturated heterocycles. The summed E-state index contributed by atoms with van der Waals surface area (Å²) in [6.45, 7) is 2.95. The van der Waals surface area contributed by atoms with Crippen LogP contribution < -0.4 is 0 Å². The Labute approximate surface area is 74.1 Å². The number of rotatable bonds is 4. The number of hydrogen-bond donors (Lipinski definition) is 0. The number of isocyanates is 3. The third kappa shape index (κ3) is 3.36. The molecule has 0 rings (SSSR count). The van der Waals surface area contributed by atoms with Crippen LogP contribution in [0.3, 0.4) is 0 Å². The Balaban J connectivity index is 5.02. The molecule has 0 aliphatic carbocycles. The summed E-state index contributed by atoms with van der Waals surface area (Å²) < 4.78 is 0. The molecule has 0 fully saturated rings. The van der Waals surface area contributed by atoms with E-state index in [9.17, 15) is 14.4 Å². The molecule has 0 spiro atoms. The summed E-state index contributed by atoms with van der Waals surface area (Å²) in [6, 6.07) is 0. The van der Waals surface area contributed by atoms with Gasteiger partial charge in [-0.1, -0.05) is 0 Å². The van der Waals surface area contributed by atoms with Gasteiger partial charge >= 0.3 is 0 Å². The lowest BCUT2D eigenvalue weighted by atomic mass is 10.0. The minimum absolute atomic E-state index is 1.08. The highest BCUT2D eigenvalue weighted by Crippen LogP contribution is 2.17. The second kappa shape index (κ2) is 4.91. The highest BCUT2D eigenvalue weighted by atomic mass is 16.1. The fourth-order valence-electron chi connectivity index (χ4n) is 0.620. The van der Waals surface area contributed by atoms with E-state index in [0.717, 1.165) is 0 Å². The van der Waals surface area contributed by atoms with E-state index >= 15 is 0 Å². The van der Waals surface area contributed by atoms with Crippen molar-refractivity contribution in [2.75, 3.05) is 0 Å². The molecule has 6 nitrogen and oxygen atoms in total. The molecule has 6 heteroatoms. The first-order chi connectivity index (χ1) is 6.08. The average molecular weight is 181 g/mol. The van der Waals surface area contributed by atoms with Crippen molar-refractivity contribution in [3.8, 4) is 0 Å². The minimum Gasteiger partial charge on any atom is -0.211 e. The summed E-state index contributed by atoms with van der Waals surface area (Å²) in [5, 5.41) is 0. The lowest BCUT2D eigenvalue weighted by Gasteiger charge is -2.18. The van der Waals surface area contributed by atoms with Crippen LogP contribution in [0.2, 0.25) is 0 Å². The maximum Gasteiger partial charge on any atom is 0.237 e. The Hall–Kier alpha value is -1.86. The first-order valence-corrected chi connectivity index (χ1v) is 3.31. The Bertz CT molecular complexity index is 300. The van der Waals surface area contributed by atoms with Crippen LogP contribution in [0.15, 0.2) is 15.0 Å². The molecule has 0 saturated carbocycles. The molecule has 0 bridgehead atoms. The van der Waals surface area contributed by atoms with Crippen LogP contribution in [-0.4, -0.2) is 29.9 Å².